The van der Waals surface area contributed by atoms with Gasteiger partial charge in [0.15, 0.2) is 5.82 Å². The number of nitrogen functional groups attached to an aromatic ring is 1. The zero-order chi connectivity index (χ0) is 13.2. The van der Waals surface area contributed by atoms with Crippen LogP contribution in [0.1, 0.15) is 51.0 Å². The van der Waals surface area contributed by atoms with Crippen molar-refractivity contribution in [1.29, 1.82) is 5.26 Å². The van der Waals surface area contributed by atoms with E-state index < -0.39 is 0 Å². The van der Waals surface area contributed by atoms with Gasteiger partial charge >= 0.3 is 0 Å². The van der Waals surface area contributed by atoms with Crippen molar-refractivity contribution < 1.29 is 0 Å². The molecule has 0 saturated heterocycles. The summed E-state index contributed by atoms with van der Waals surface area (Å²) in [5.74, 6) is 0.627. The van der Waals surface area contributed by atoms with Gasteiger partial charge in [-0.2, -0.15) is 5.26 Å². The number of nitrogens with one attached hydrogen (secondary N) is 1. The van der Waals surface area contributed by atoms with Crippen LogP contribution in [0.2, 0.25) is 0 Å². The number of hydrogen-bond donors (Lipinski definition) is 2. The van der Waals surface area contributed by atoms with Crippen molar-refractivity contribution in [2.45, 2.75) is 45.4 Å². The molecule has 1 aromatic heterocycles. The molecule has 0 atom stereocenters. The molecule has 0 spiro atoms. The maximum absolute atomic E-state index is 8.85. The molecule has 0 saturated carbocycles. The third-order valence-corrected chi connectivity index (χ3v) is 2.93. The summed E-state index contributed by atoms with van der Waals surface area (Å²) in [6.45, 7) is 3.08. The average molecular weight is 246 g/mol. The topological polar surface area (TPSA) is 74.7 Å². The van der Waals surface area contributed by atoms with Gasteiger partial charge in [-0.05, 0) is 12.5 Å². The molecule has 98 valence electrons. The summed E-state index contributed by atoms with van der Waals surface area (Å²) < 4.78 is 0. The standard InChI is InChI=1S/C14H22N4/c1-2-3-4-5-6-7-9-17-14-13(16)12(11-15)8-10-18-14/h8,10H,2-7,9,16H2,1H3,(H,17,18). The van der Waals surface area contributed by atoms with E-state index in [0.29, 0.717) is 17.1 Å². The Bertz CT molecular complexity index is 395. The summed E-state index contributed by atoms with van der Waals surface area (Å²) >= 11 is 0. The second-order valence-electron chi connectivity index (χ2n) is 4.43. The number of hydrogen-bond acceptors (Lipinski definition) is 4. The molecular weight excluding hydrogens is 224 g/mol. The Labute approximate surface area is 109 Å². The lowest BCUT2D eigenvalue weighted by molar-refractivity contribution is 0.617. The molecule has 0 radical (unpaired) electrons. The number of rotatable bonds is 8. The number of anilines is 2. The Morgan fingerprint density at radius 1 is 1.28 bits per heavy atom. The molecule has 1 rings (SSSR count). The molecule has 1 aromatic rings. The quantitative estimate of drug-likeness (QED) is 0.690. The number of pyridine rings is 1. The molecule has 0 bridgehead atoms. The van der Waals surface area contributed by atoms with Gasteiger partial charge < -0.3 is 11.1 Å². The van der Waals surface area contributed by atoms with E-state index >= 15 is 0 Å². The molecule has 0 fully saturated rings. The molecule has 0 aliphatic rings. The fourth-order valence-electron chi connectivity index (χ4n) is 1.82. The minimum Gasteiger partial charge on any atom is -0.395 e. The van der Waals surface area contributed by atoms with Gasteiger partial charge in [-0.1, -0.05) is 39.0 Å². The molecule has 3 N–H and O–H groups in total. The van der Waals surface area contributed by atoms with E-state index in [2.05, 4.69) is 23.3 Å². The summed E-state index contributed by atoms with van der Waals surface area (Å²) in [4.78, 5) is 4.15. The van der Waals surface area contributed by atoms with Crippen LogP contribution in [0.3, 0.4) is 0 Å². The van der Waals surface area contributed by atoms with Crippen LogP contribution in [0.25, 0.3) is 0 Å². The molecule has 0 aliphatic heterocycles. The normalized spacial score (nSPS) is 10.0. The van der Waals surface area contributed by atoms with Crippen LogP contribution in [0.4, 0.5) is 11.5 Å². The molecule has 18 heavy (non-hydrogen) atoms. The van der Waals surface area contributed by atoms with Crippen molar-refractivity contribution in [3.8, 4) is 6.07 Å². The Balaban J connectivity index is 2.26. The lowest BCUT2D eigenvalue weighted by atomic mass is 10.1. The zero-order valence-electron chi connectivity index (χ0n) is 11.1. The van der Waals surface area contributed by atoms with Crippen molar-refractivity contribution in [3.05, 3.63) is 17.8 Å². The Morgan fingerprint density at radius 3 is 2.72 bits per heavy atom. The summed E-state index contributed by atoms with van der Waals surface area (Å²) in [6, 6.07) is 3.69. The Morgan fingerprint density at radius 2 is 2.00 bits per heavy atom. The predicted octanol–water partition coefficient (Wildman–Crippen LogP) is 3.31. The first-order chi connectivity index (χ1) is 8.79. The summed E-state index contributed by atoms with van der Waals surface area (Å²) in [7, 11) is 0. The fourth-order valence-corrected chi connectivity index (χ4v) is 1.82. The highest BCUT2D eigenvalue weighted by Gasteiger charge is 2.04. The van der Waals surface area contributed by atoms with Gasteiger partial charge in [0.2, 0.25) is 0 Å². The van der Waals surface area contributed by atoms with Crippen molar-refractivity contribution in [3.63, 3.8) is 0 Å². The highest BCUT2D eigenvalue weighted by atomic mass is 15.0. The van der Waals surface area contributed by atoms with Gasteiger partial charge in [-0.3, -0.25) is 0 Å². The number of nitrogens with two attached hydrogens (primary N) is 1. The third-order valence-electron chi connectivity index (χ3n) is 2.93. The van der Waals surface area contributed by atoms with Gasteiger partial charge in [-0.25, -0.2) is 4.98 Å². The highest BCUT2D eigenvalue weighted by molar-refractivity contribution is 5.68. The van der Waals surface area contributed by atoms with Gasteiger partial charge in [0.1, 0.15) is 6.07 Å². The number of unbranched alkanes of at least 4 members (excludes halogenated alkanes) is 5. The van der Waals surface area contributed by atoms with Gasteiger partial charge in [-0.15, -0.1) is 0 Å². The lowest BCUT2D eigenvalue weighted by Crippen LogP contribution is -2.07. The van der Waals surface area contributed by atoms with Crippen LogP contribution >= 0.6 is 0 Å². The van der Waals surface area contributed by atoms with E-state index in [1.165, 1.54) is 32.1 Å². The minimum absolute atomic E-state index is 0.450. The average Bonchev–Trinajstić information content (AvgIpc) is 2.39. The van der Waals surface area contributed by atoms with Crippen molar-refractivity contribution >= 4 is 11.5 Å². The maximum atomic E-state index is 8.85. The second-order valence-corrected chi connectivity index (χ2v) is 4.43. The number of aromatic nitrogens is 1. The van der Waals surface area contributed by atoms with Crippen LogP contribution < -0.4 is 11.1 Å². The van der Waals surface area contributed by atoms with Crippen LogP contribution in [0.15, 0.2) is 12.3 Å². The van der Waals surface area contributed by atoms with Crippen molar-refractivity contribution in [1.82, 2.24) is 4.98 Å². The van der Waals surface area contributed by atoms with Crippen LogP contribution in [-0.4, -0.2) is 11.5 Å². The SMILES string of the molecule is CCCCCCCCNc1nccc(C#N)c1N. The van der Waals surface area contributed by atoms with Crippen molar-refractivity contribution in [2.75, 3.05) is 17.6 Å². The maximum Gasteiger partial charge on any atom is 0.150 e. The van der Waals surface area contributed by atoms with Crippen LogP contribution in [0.5, 0.6) is 0 Å². The first-order valence-electron chi connectivity index (χ1n) is 6.68. The van der Waals surface area contributed by atoms with Gasteiger partial charge in [0.05, 0.1) is 11.3 Å². The molecular formula is C14H22N4. The van der Waals surface area contributed by atoms with Gasteiger partial charge in [0.25, 0.3) is 0 Å². The molecule has 0 aliphatic carbocycles. The molecule has 4 nitrogen and oxygen atoms in total. The second kappa shape index (κ2) is 8.35. The molecule has 0 unspecified atom stereocenters. The highest BCUT2D eigenvalue weighted by Crippen LogP contribution is 2.18. The van der Waals surface area contributed by atoms with E-state index in [0.717, 1.165) is 13.0 Å². The molecule has 4 heteroatoms. The third kappa shape index (κ3) is 4.62. The fraction of sp³-hybridized carbons (Fsp3) is 0.571. The summed E-state index contributed by atoms with van der Waals surface area (Å²) in [5.41, 5.74) is 6.76. The number of nitrogens with zero attached hydrogens (tertiary/aromatic N) is 2. The first-order valence-corrected chi connectivity index (χ1v) is 6.68. The van der Waals surface area contributed by atoms with Crippen LogP contribution in [0, 0.1) is 11.3 Å². The minimum atomic E-state index is 0.450. The smallest absolute Gasteiger partial charge is 0.150 e. The lowest BCUT2D eigenvalue weighted by Gasteiger charge is -2.08. The number of nitriles is 1. The summed E-state index contributed by atoms with van der Waals surface area (Å²) in [5, 5.41) is 12.0. The first kappa shape index (κ1) is 14.3. The van der Waals surface area contributed by atoms with E-state index in [-0.39, 0.29) is 0 Å². The predicted molar refractivity (Wildman–Crippen MR) is 75.2 cm³/mol. The van der Waals surface area contributed by atoms with Gasteiger partial charge in [0, 0.05) is 12.7 Å². The van der Waals surface area contributed by atoms with Crippen molar-refractivity contribution in [2.24, 2.45) is 0 Å². The Hall–Kier alpha value is -1.76. The van der Waals surface area contributed by atoms with Crippen LogP contribution in [-0.2, 0) is 0 Å². The summed E-state index contributed by atoms with van der Waals surface area (Å²) in [6.07, 6.45) is 9.16. The molecule has 0 aromatic carbocycles. The van der Waals surface area contributed by atoms with E-state index in [4.69, 9.17) is 11.0 Å². The van der Waals surface area contributed by atoms with E-state index in [1.807, 2.05) is 0 Å². The zero-order valence-corrected chi connectivity index (χ0v) is 11.1. The largest absolute Gasteiger partial charge is 0.395 e. The monoisotopic (exact) mass is 246 g/mol. The molecule has 1 heterocycles. The van der Waals surface area contributed by atoms with E-state index in [1.54, 1.807) is 12.3 Å². The Kier molecular flexibility index (Phi) is 6.63. The molecule has 0 amide bonds. The van der Waals surface area contributed by atoms with E-state index in [9.17, 15) is 0 Å².